The Morgan fingerprint density at radius 2 is 1.27 bits per heavy atom. The molecule has 0 saturated heterocycles. The molecule has 0 bridgehead atoms. The summed E-state index contributed by atoms with van der Waals surface area (Å²) < 4.78 is 2.58. The van der Waals surface area contributed by atoms with E-state index in [-0.39, 0.29) is 17.1 Å². The van der Waals surface area contributed by atoms with Gasteiger partial charge in [0.1, 0.15) is 5.82 Å². The Bertz CT molecular complexity index is 351. The fraction of sp³-hybridized carbons (Fsp3) is 0.842. The van der Waals surface area contributed by atoms with Crippen LogP contribution in [0.15, 0.2) is 0 Å². The summed E-state index contributed by atoms with van der Waals surface area (Å²) in [5, 5.41) is 0. The van der Waals surface area contributed by atoms with Gasteiger partial charge in [-0.3, -0.25) is 0 Å². The summed E-state index contributed by atoms with van der Waals surface area (Å²) in [6.45, 7) is 10.3. The maximum absolute atomic E-state index is 5.05. The average Bonchev–Trinajstić information content (AvgIpc) is 2.83. The molecule has 1 aromatic rings. The minimum atomic E-state index is 0. The van der Waals surface area contributed by atoms with Gasteiger partial charge < -0.3 is 4.57 Å². The third-order valence-electron chi connectivity index (χ3n) is 4.26. The summed E-state index contributed by atoms with van der Waals surface area (Å²) in [6.07, 6.45) is 13.7. The second-order valence-electron chi connectivity index (χ2n) is 6.24. The quantitative estimate of drug-likeness (QED) is 0.439. The van der Waals surface area contributed by atoms with Crippen LogP contribution in [-0.4, -0.2) is 9.55 Å². The minimum Gasteiger partial charge on any atom is -0.332 e. The van der Waals surface area contributed by atoms with Gasteiger partial charge in [0.15, 0.2) is 0 Å². The Hall–Kier alpha value is -0.271. The van der Waals surface area contributed by atoms with Gasteiger partial charge in [0, 0.05) is 35.7 Å². The van der Waals surface area contributed by atoms with Crippen LogP contribution in [0.1, 0.15) is 96.3 Å². The Kier molecular flexibility index (Phi) is 13.0. The van der Waals surface area contributed by atoms with E-state index in [1.54, 1.807) is 5.69 Å². The Morgan fingerprint density at radius 1 is 0.727 bits per heavy atom. The second kappa shape index (κ2) is 13.2. The average molecular weight is 356 g/mol. The molecule has 0 aliphatic carbocycles. The van der Waals surface area contributed by atoms with E-state index in [0.717, 1.165) is 6.42 Å². The molecule has 0 spiro atoms. The zero-order valence-corrected chi connectivity index (χ0v) is 16.1. The normalized spacial score (nSPS) is 10.7. The van der Waals surface area contributed by atoms with E-state index in [1.807, 2.05) is 0 Å². The van der Waals surface area contributed by atoms with E-state index in [9.17, 15) is 0 Å². The molecule has 0 atom stereocenters. The number of hydrogen-bond donors (Lipinski definition) is 0. The molecule has 1 radical (unpaired) electrons. The molecule has 1 rings (SSSR count). The van der Waals surface area contributed by atoms with Gasteiger partial charge in [-0.1, -0.05) is 53.4 Å². The smallest absolute Gasteiger partial charge is 0.109 e. The number of aryl methyl sites for hydroxylation is 2. The van der Waals surface area contributed by atoms with Crippen LogP contribution in [0.5, 0.6) is 0 Å². The third kappa shape index (κ3) is 6.87. The summed E-state index contributed by atoms with van der Waals surface area (Å²) in [6, 6.07) is 0. The van der Waals surface area contributed by atoms with Crippen molar-refractivity contribution in [3.63, 3.8) is 0 Å². The van der Waals surface area contributed by atoms with Crippen molar-refractivity contribution in [2.75, 3.05) is 0 Å². The van der Waals surface area contributed by atoms with Crippen molar-refractivity contribution in [1.82, 2.24) is 9.55 Å². The SMILES string of the molecule is CCCCc1nc(CCCC)n(CCCC)c1CCCC.[Cu]. The first-order valence-electron chi connectivity index (χ1n) is 9.35. The molecule has 22 heavy (non-hydrogen) atoms. The summed E-state index contributed by atoms with van der Waals surface area (Å²) in [5.41, 5.74) is 2.97. The Balaban J connectivity index is 0.00000441. The summed E-state index contributed by atoms with van der Waals surface area (Å²) in [4.78, 5) is 5.05. The molecule has 0 N–H and O–H groups in total. The number of imidazole rings is 1. The van der Waals surface area contributed by atoms with E-state index in [1.165, 1.54) is 82.3 Å². The molecule has 0 fully saturated rings. The monoisotopic (exact) mass is 355 g/mol. The van der Waals surface area contributed by atoms with Gasteiger partial charge in [-0.15, -0.1) is 0 Å². The molecule has 133 valence electrons. The fourth-order valence-corrected chi connectivity index (χ4v) is 2.87. The first-order chi connectivity index (χ1) is 10.3. The molecule has 0 unspecified atom stereocenters. The molecule has 1 heterocycles. The molecule has 2 nitrogen and oxygen atoms in total. The van der Waals surface area contributed by atoms with Crippen LogP contribution in [0.3, 0.4) is 0 Å². The Labute approximate surface area is 149 Å². The van der Waals surface area contributed by atoms with Crippen LogP contribution in [-0.2, 0) is 42.9 Å². The van der Waals surface area contributed by atoms with Crippen LogP contribution >= 0.6 is 0 Å². The summed E-state index contributed by atoms with van der Waals surface area (Å²) in [5.74, 6) is 1.36. The predicted octanol–water partition coefficient (Wildman–Crippen LogP) is 5.71. The molecule has 0 saturated carbocycles. The summed E-state index contributed by atoms with van der Waals surface area (Å²) >= 11 is 0. The first kappa shape index (κ1) is 21.7. The van der Waals surface area contributed by atoms with Crippen molar-refractivity contribution in [2.45, 2.75) is 105 Å². The van der Waals surface area contributed by atoms with Crippen LogP contribution in [0, 0.1) is 0 Å². The fourth-order valence-electron chi connectivity index (χ4n) is 2.87. The van der Waals surface area contributed by atoms with Gasteiger partial charge >= 0.3 is 0 Å². The van der Waals surface area contributed by atoms with Gasteiger partial charge in [0.2, 0.25) is 0 Å². The van der Waals surface area contributed by atoms with Crippen LogP contribution in [0.4, 0.5) is 0 Å². The number of hydrogen-bond acceptors (Lipinski definition) is 1. The van der Waals surface area contributed by atoms with Gasteiger partial charge in [-0.25, -0.2) is 4.98 Å². The topological polar surface area (TPSA) is 17.8 Å². The van der Waals surface area contributed by atoms with Gasteiger partial charge in [0.25, 0.3) is 0 Å². The summed E-state index contributed by atoms with van der Waals surface area (Å²) in [7, 11) is 0. The van der Waals surface area contributed by atoms with Crippen molar-refractivity contribution in [3.05, 3.63) is 17.2 Å². The van der Waals surface area contributed by atoms with Crippen LogP contribution in [0.2, 0.25) is 0 Å². The van der Waals surface area contributed by atoms with Gasteiger partial charge in [0.05, 0.1) is 5.69 Å². The third-order valence-corrected chi connectivity index (χ3v) is 4.26. The molecule has 3 heteroatoms. The molecular formula is C19H36CuN2. The second-order valence-corrected chi connectivity index (χ2v) is 6.24. The van der Waals surface area contributed by atoms with E-state index in [2.05, 4.69) is 32.3 Å². The zero-order chi connectivity index (χ0) is 15.5. The van der Waals surface area contributed by atoms with Crippen molar-refractivity contribution in [1.29, 1.82) is 0 Å². The number of unbranched alkanes of at least 4 members (excludes halogenated alkanes) is 4. The maximum atomic E-state index is 5.05. The van der Waals surface area contributed by atoms with Gasteiger partial charge in [-0.2, -0.15) is 0 Å². The Morgan fingerprint density at radius 3 is 1.86 bits per heavy atom. The standard InChI is InChI=1S/C19H36N2.Cu/c1-5-9-13-17-18(14-10-6-2)21(16-12-8-4)19(20-17)15-11-7-3;/h5-16H2,1-4H3;. The molecule has 1 aromatic heterocycles. The molecular weight excluding hydrogens is 320 g/mol. The number of nitrogens with zero attached hydrogens (tertiary/aromatic N) is 2. The predicted molar refractivity (Wildman–Crippen MR) is 93.0 cm³/mol. The van der Waals surface area contributed by atoms with Gasteiger partial charge in [-0.05, 0) is 38.5 Å². The molecule has 0 aliphatic heterocycles. The van der Waals surface area contributed by atoms with Crippen molar-refractivity contribution in [2.24, 2.45) is 0 Å². The molecule has 0 aromatic carbocycles. The van der Waals surface area contributed by atoms with E-state index in [4.69, 9.17) is 4.98 Å². The van der Waals surface area contributed by atoms with E-state index >= 15 is 0 Å². The molecule has 0 amide bonds. The van der Waals surface area contributed by atoms with Crippen LogP contribution in [0.25, 0.3) is 0 Å². The van der Waals surface area contributed by atoms with Crippen molar-refractivity contribution < 1.29 is 17.1 Å². The maximum Gasteiger partial charge on any atom is 0.109 e. The molecule has 0 aliphatic rings. The number of aromatic nitrogens is 2. The van der Waals surface area contributed by atoms with Crippen LogP contribution < -0.4 is 0 Å². The largest absolute Gasteiger partial charge is 0.332 e. The van der Waals surface area contributed by atoms with Crippen molar-refractivity contribution >= 4 is 0 Å². The van der Waals surface area contributed by atoms with E-state index in [0.29, 0.717) is 0 Å². The number of rotatable bonds is 12. The first-order valence-corrected chi connectivity index (χ1v) is 9.35. The zero-order valence-electron chi connectivity index (χ0n) is 15.2. The van der Waals surface area contributed by atoms with E-state index < -0.39 is 0 Å². The minimum absolute atomic E-state index is 0. The van der Waals surface area contributed by atoms with Crippen molar-refractivity contribution in [3.8, 4) is 0 Å².